The molecule has 1 aliphatic heterocycles. The second kappa shape index (κ2) is 10.3. The Labute approximate surface area is 220 Å². The number of nitrogens with one attached hydrogen (secondary N) is 1. The monoisotopic (exact) mass is 517 g/mol. The molecule has 3 aromatic heterocycles. The Morgan fingerprint density at radius 1 is 1.05 bits per heavy atom. The van der Waals surface area contributed by atoms with E-state index in [1.165, 1.54) is 0 Å². The van der Waals surface area contributed by atoms with E-state index in [0.717, 1.165) is 16.6 Å². The van der Waals surface area contributed by atoms with Gasteiger partial charge >= 0.3 is 11.9 Å². The van der Waals surface area contributed by atoms with Gasteiger partial charge in [0.2, 0.25) is 5.89 Å². The van der Waals surface area contributed by atoms with Gasteiger partial charge in [-0.15, -0.1) is 5.06 Å². The van der Waals surface area contributed by atoms with Gasteiger partial charge in [0.15, 0.2) is 11.5 Å². The number of oxazole rings is 1. The minimum Gasteiger partial charge on any atom is -0.461 e. The highest BCUT2D eigenvalue weighted by molar-refractivity contribution is 5.96. The SMILES string of the molecule is CCOC(=O)c1nc(-c2ccnc3[nH]ccc23)oc1-c1ccc(N2CCN(OC(=O)C(C)(C)C)CC2)cc1. The second-order valence-electron chi connectivity index (χ2n) is 10.1. The van der Waals surface area contributed by atoms with Crippen LogP contribution < -0.4 is 4.90 Å². The van der Waals surface area contributed by atoms with Crippen LogP contribution in [0, 0.1) is 5.41 Å². The molecule has 0 spiro atoms. The van der Waals surface area contributed by atoms with Crippen molar-refractivity contribution in [3.8, 4) is 22.8 Å². The average molecular weight is 518 g/mol. The van der Waals surface area contributed by atoms with E-state index in [2.05, 4.69) is 19.9 Å². The summed E-state index contributed by atoms with van der Waals surface area (Å²) in [7, 11) is 0. The molecule has 0 aliphatic carbocycles. The number of benzene rings is 1. The van der Waals surface area contributed by atoms with Gasteiger partial charge in [0.05, 0.1) is 25.1 Å². The van der Waals surface area contributed by atoms with Gasteiger partial charge in [-0.25, -0.2) is 19.6 Å². The Kier molecular flexibility index (Phi) is 6.90. The van der Waals surface area contributed by atoms with Crippen LogP contribution in [0.15, 0.2) is 53.2 Å². The highest BCUT2D eigenvalue weighted by atomic mass is 16.7. The lowest BCUT2D eigenvalue weighted by molar-refractivity contribution is -0.201. The summed E-state index contributed by atoms with van der Waals surface area (Å²) in [6.45, 7) is 10.2. The molecule has 1 saturated heterocycles. The van der Waals surface area contributed by atoms with E-state index in [9.17, 15) is 9.59 Å². The molecule has 4 heterocycles. The van der Waals surface area contributed by atoms with Crippen LogP contribution in [0.25, 0.3) is 33.8 Å². The number of aromatic amines is 1. The third-order valence-corrected chi connectivity index (χ3v) is 6.34. The van der Waals surface area contributed by atoms with Crippen molar-refractivity contribution in [2.24, 2.45) is 5.41 Å². The van der Waals surface area contributed by atoms with Crippen LogP contribution >= 0.6 is 0 Å². The lowest BCUT2D eigenvalue weighted by Crippen LogP contribution is -2.48. The quantitative estimate of drug-likeness (QED) is 0.364. The van der Waals surface area contributed by atoms with Gasteiger partial charge in [0.25, 0.3) is 0 Å². The molecular formula is C28H31N5O5. The number of hydrogen-bond acceptors (Lipinski definition) is 9. The number of aromatic nitrogens is 3. The molecule has 0 saturated carbocycles. The van der Waals surface area contributed by atoms with Gasteiger partial charge in [-0.3, -0.25) is 0 Å². The molecule has 0 atom stereocenters. The molecule has 5 rings (SSSR count). The number of piperazine rings is 1. The number of carbonyl (C=O) groups is 2. The van der Waals surface area contributed by atoms with Crippen molar-refractivity contribution >= 4 is 28.7 Å². The zero-order valence-corrected chi connectivity index (χ0v) is 22.0. The van der Waals surface area contributed by atoms with E-state index in [0.29, 0.717) is 49.0 Å². The van der Waals surface area contributed by atoms with Crippen molar-refractivity contribution in [1.82, 2.24) is 20.0 Å². The van der Waals surface area contributed by atoms with E-state index in [-0.39, 0.29) is 18.3 Å². The normalized spacial score (nSPS) is 14.6. The zero-order valence-electron chi connectivity index (χ0n) is 22.0. The van der Waals surface area contributed by atoms with Gasteiger partial charge in [0, 0.05) is 47.7 Å². The molecule has 10 nitrogen and oxygen atoms in total. The van der Waals surface area contributed by atoms with Crippen molar-refractivity contribution in [2.75, 3.05) is 37.7 Å². The largest absolute Gasteiger partial charge is 0.461 e. The van der Waals surface area contributed by atoms with Crippen molar-refractivity contribution < 1.29 is 23.6 Å². The van der Waals surface area contributed by atoms with Gasteiger partial charge in [-0.05, 0) is 64.1 Å². The Balaban J connectivity index is 1.36. The lowest BCUT2D eigenvalue weighted by Gasteiger charge is -2.35. The molecular weight excluding hydrogens is 486 g/mol. The predicted octanol–water partition coefficient (Wildman–Crippen LogP) is 4.69. The lowest BCUT2D eigenvalue weighted by atomic mass is 9.98. The van der Waals surface area contributed by atoms with Gasteiger partial charge in [0.1, 0.15) is 5.65 Å². The maximum atomic E-state index is 12.8. The van der Waals surface area contributed by atoms with E-state index in [4.69, 9.17) is 14.0 Å². The Hall–Kier alpha value is -4.18. The predicted molar refractivity (Wildman–Crippen MR) is 142 cm³/mol. The van der Waals surface area contributed by atoms with Gasteiger partial charge in [-0.1, -0.05) is 0 Å². The zero-order chi connectivity index (χ0) is 26.9. The van der Waals surface area contributed by atoms with Gasteiger partial charge < -0.3 is 23.9 Å². The number of hydrogen-bond donors (Lipinski definition) is 1. The molecule has 1 aromatic carbocycles. The fourth-order valence-electron chi connectivity index (χ4n) is 4.23. The molecule has 0 amide bonds. The van der Waals surface area contributed by atoms with Gasteiger partial charge in [-0.2, -0.15) is 0 Å². The smallest absolute Gasteiger partial charge is 0.361 e. The summed E-state index contributed by atoms with van der Waals surface area (Å²) in [6, 6.07) is 11.5. The average Bonchev–Trinajstić information content (AvgIpc) is 3.57. The number of carbonyl (C=O) groups excluding carboxylic acids is 2. The number of esters is 1. The first-order valence-electron chi connectivity index (χ1n) is 12.7. The highest BCUT2D eigenvalue weighted by Gasteiger charge is 2.28. The summed E-state index contributed by atoms with van der Waals surface area (Å²) >= 11 is 0. The first kappa shape index (κ1) is 25.5. The molecule has 4 aromatic rings. The van der Waals surface area contributed by atoms with Crippen LogP contribution in [0.1, 0.15) is 38.2 Å². The van der Waals surface area contributed by atoms with E-state index >= 15 is 0 Å². The van der Waals surface area contributed by atoms with Crippen LogP contribution in [-0.4, -0.2) is 64.7 Å². The standard InChI is InChI=1S/C28H31N5O5/c1-5-36-26(34)22-23(37-25(31-22)21-11-13-30-24-20(21)10-12-29-24)18-6-8-19(9-7-18)32-14-16-33(17-15-32)38-27(35)28(2,3)4/h6-13H,5,14-17H2,1-4H3,(H,29,30). The van der Waals surface area contributed by atoms with E-state index in [1.54, 1.807) is 24.4 Å². The minimum atomic E-state index is -0.541. The minimum absolute atomic E-state index is 0.129. The van der Waals surface area contributed by atoms with Crippen LogP contribution in [0.2, 0.25) is 0 Å². The molecule has 1 aliphatic rings. The molecule has 198 valence electrons. The first-order chi connectivity index (χ1) is 18.2. The van der Waals surface area contributed by atoms with E-state index in [1.807, 2.05) is 57.2 Å². The number of fused-ring (bicyclic) bond motifs is 1. The Morgan fingerprint density at radius 3 is 2.47 bits per heavy atom. The maximum absolute atomic E-state index is 12.8. The summed E-state index contributed by atoms with van der Waals surface area (Å²) in [5.41, 5.74) is 2.77. The number of nitrogens with zero attached hydrogens (tertiary/aromatic N) is 4. The topological polar surface area (TPSA) is 114 Å². The molecule has 0 radical (unpaired) electrons. The number of pyridine rings is 1. The highest BCUT2D eigenvalue weighted by Crippen LogP contribution is 2.34. The summed E-state index contributed by atoms with van der Waals surface area (Å²) < 4.78 is 11.4. The third kappa shape index (κ3) is 5.12. The Bertz CT molecular complexity index is 1440. The number of H-pyrrole nitrogens is 1. The van der Waals surface area contributed by atoms with Crippen LogP contribution in [-0.2, 0) is 14.4 Å². The number of rotatable bonds is 6. The maximum Gasteiger partial charge on any atom is 0.361 e. The first-order valence-corrected chi connectivity index (χ1v) is 12.7. The molecule has 10 heteroatoms. The number of anilines is 1. The third-order valence-electron chi connectivity index (χ3n) is 6.34. The van der Waals surface area contributed by atoms with Crippen molar-refractivity contribution in [1.29, 1.82) is 0 Å². The summed E-state index contributed by atoms with van der Waals surface area (Å²) in [4.78, 5) is 44.6. The van der Waals surface area contributed by atoms with E-state index < -0.39 is 11.4 Å². The van der Waals surface area contributed by atoms with Crippen molar-refractivity contribution in [3.63, 3.8) is 0 Å². The van der Waals surface area contributed by atoms with Crippen LogP contribution in [0.4, 0.5) is 5.69 Å². The summed E-state index contributed by atoms with van der Waals surface area (Å²) in [5, 5.41) is 2.57. The fourth-order valence-corrected chi connectivity index (χ4v) is 4.23. The second-order valence-corrected chi connectivity index (χ2v) is 10.1. The van der Waals surface area contributed by atoms with Crippen molar-refractivity contribution in [2.45, 2.75) is 27.7 Å². The molecule has 0 unspecified atom stereocenters. The molecule has 1 N–H and O–H groups in total. The summed E-state index contributed by atoms with van der Waals surface area (Å²) in [5.74, 6) is -0.102. The Morgan fingerprint density at radius 2 is 1.79 bits per heavy atom. The molecule has 1 fully saturated rings. The summed E-state index contributed by atoms with van der Waals surface area (Å²) in [6.07, 6.45) is 3.46. The fraction of sp³-hybridized carbons (Fsp3) is 0.357. The number of ether oxygens (including phenoxy) is 1. The van der Waals surface area contributed by atoms with Crippen LogP contribution in [0.3, 0.4) is 0 Å². The number of hydroxylamine groups is 2. The molecule has 0 bridgehead atoms. The van der Waals surface area contributed by atoms with Crippen molar-refractivity contribution in [3.05, 3.63) is 54.5 Å². The van der Waals surface area contributed by atoms with Crippen LogP contribution in [0.5, 0.6) is 0 Å². The molecule has 38 heavy (non-hydrogen) atoms.